The normalized spacial score (nSPS) is 27.8. The number of hydrogen-bond donors (Lipinski definition) is 0. The Bertz CT molecular complexity index is 240. The molecule has 0 aliphatic heterocycles. The molecule has 1 aliphatic rings. The molecule has 0 bridgehead atoms. The zero-order chi connectivity index (χ0) is 12.9. The minimum atomic E-state index is -0.346. The highest BCUT2D eigenvalue weighted by Crippen LogP contribution is 2.27. The second-order valence-corrected chi connectivity index (χ2v) is 6.55. The van der Waals surface area contributed by atoms with Gasteiger partial charge in [-0.25, -0.2) is 0 Å². The summed E-state index contributed by atoms with van der Waals surface area (Å²) >= 11 is 0. The van der Waals surface area contributed by atoms with Gasteiger partial charge in [-0.3, -0.25) is 4.79 Å². The third-order valence-corrected chi connectivity index (χ3v) is 3.50. The average molecular weight is 240 g/mol. The highest BCUT2D eigenvalue weighted by molar-refractivity contribution is 5.72. The van der Waals surface area contributed by atoms with E-state index in [0.29, 0.717) is 0 Å². The van der Waals surface area contributed by atoms with Gasteiger partial charge in [0.1, 0.15) is 5.60 Å². The summed E-state index contributed by atoms with van der Waals surface area (Å²) in [4.78, 5) is 12.1. The summed E-state index contributed by atoms with van der Waals surface area (Å²) < 4.78 is 5.51. The average Bonchev–Trinajstić information content (AvgIpc) is 2.27. The molecule has 2 heteroatoms. The fourth-order valence-electron chi connectivity index (χ4n) is 2.46. The molecule has 0 saturated heterocycles. The molecule has 0 aromatic heterocycles. The molecule has 0 heterocycles. The molecule has 0 aromatic carbocycles. The van der Waals surface area contributed by atoms with Crippen molar-refractivity contribution in [3.63, 3.8) is 0 Å². The van der Waals surface area contributed by atoms with Crippen LogP contribution in [0.2, 0.25) is 0 Å². The van der Waals surface area contributed by atoms with Crippen molar-refractivity contribution < 1.29 is 9.53 Å². The van der Waals surface area contributed by atoms with Crippen molar-refractivity contribution >= 4 is 5.97 Å². The lowest BCUT2D eigenvalue weighted by molar-refractivity contribution is -0.160. The van der Waals surface area contributed by atoms with Crippen LogP contribution in [0.25, 0.3) is 0 Å². The Balaban J connectivity index is 2.51. The summed E-state index contributed by atoms with van der Waals surface area (Å²) in [7, 11) is 0. The molecule has 2 nitrogen and oxygen atoms in total. The highest BCUT2D eigenvalue weighted by Gasteiger charge is 2.25. The first-order valence-corrected chi connectivity index (χ1v) is 7.11. The number of hydrogen-bond acceptors (Lipinski definition) is 2. The van der Waals surface area contributed by atoms with Gasteiger partial charge in [-0.15, -0.1) is 0 Å². The lowest BCUT2D eigenvalue weighted by Gasteiger charge is -2.24. The Morgan fingerprint density at radius 3 is 2.29 bits per heavy atom. The van der Waals surface area contributed by atoms with Crippen LogP contribution in [-0.4, -0.2) is 11.6 Å². The maximum Gasteiger partial charge on any atom is 0.309 e. The molecule has 0 spiro atoms. The van der Waals surface area contributed by atoms with Crippen LogP contribution in [0, 0.1) is 11.8 Å². The summed E-state index contributed by atoms with van der Waals surface area (Å²) in [5.41, 5.74) is -0.346. The van der Waals surface area contributed by atoms with Crippen LogP contribution >= 0.6 is 0 Å². The second kappa shape index (κ2) is 6.42. The molecular weight excluding hydrogens is 212 g/mol. The number of rotatable bonds is 1. The van der Waals surface area contributed by atoms with Crippen molar-refractivity contribution in [3.8, 4) is 0 Å². The molecular formula is C15H28O2. The van der Waals surface area contributed by atoms with Crippen LogP contribution in [0.3, 0.4) is 0 Å². The number of carbonyl (C=O) groups excluding carboxylic acids is 1. The number of esters is 1. The molecule has 1 aliphatic carbocycles. The zero-order valence-corrected chi connectivity index (χ0v) is 11.9. The standard InChI is InChI=1S/C15H28O2/c1-12-8-6-5-7-9-13(11-10-12)14(16)17-15(2,3)4/h12-13H,5-11H2,1-4H3. The highest BCUT2D eigenvalue weighted by atomic mass is 16.6. The SMILES string of the molecule is CC1CCCCCC(C(=O)OC(C)(C)C)CC1. The minimum Gasteiger partial charge on any atom is -0.460 e. The molecule has 100 valence electrons. The van der Waals surface area contributed by atoms with Crippen molar-refractivity contribution in [2.45, 2.75) is 78.2 Å². The first-order chi connectivity index (χ1) is 7.88. The summed E-state index contributed by atoms with van der Waals surface area (Å²) in [5.74, 6) is 0.916. The smallest absolute Gasteiger partial charge is 0.309 e. The van der Waals surface area contributed by atoms with Crippen LogP contribution in [0.1, 0.15) is 72.6 Å². The van der Waals surface area contributed by atoms with Crippen molar-refractivity contribution in [2.24, 2.45) is 11.8 Å². The maximum atomic E-state index is 12.1. The summed E-state index contributed by atoms with van der Waals surface area (Å²) in [5, 5.41) is 0. The van der Waals surface area contributed by atoms with Crippen LogP contribution in [0.5, 0.6) is 0 Å². The fourth-order valence-corrected chi connectivity index (χ4v) is 2.46. The minimum absolute atomic E-state index is 0.0200. The summed E-state index contributed by atoms with van der Waals surface area (Å²) in [6.07, 6.45) is 8.28. The Hall–Kier alpha value is -0.530. The predicted molar refractivity (Wildman–Crippen MR) is 70.8 cm³/mol. The molecule has 2 atom stereocenters. The largest absolute Gasteiger partial charge is 0.460 e. The van der Waals surface area contributed by atoms with E-state index in [1.165, 1.54) is 32.1 Å². The van der Waals surface area contributed by atoms with E-state index in [0.717, 1.165) is 18.8 Å². The fraction of sp³-hybridized carbons (Fsp3) is 0.933. The summed E-state index contributed by atoms with van der Waals surface area (Å²) in [6.45, 7) is 8.14. The molecule has 1 saturated carbocycles. The van der Waals surface area contributed by atoms with Gasteiger partial charge in [-0.05, 0) is 46.0 Å². The van der Waals surface area contributed by atoms with E-state index in [4.69, 9.17) is 4.74 Å². The van der Waals surface area contributed by atoms with E-state index in [1.54, 1.807) is 0 Å². The Kier molecular flexibility index (Phi) is 5.48. The first-order valence-electron chi connectivity index (χ1n) is 7.11. The number of carbonyl (C=O) groups is 1. The van der Waals surface area contributed by atoms with Gasteiger partial charge in [-0.1, -0.05) is 32.6 Å². The second-order valence-electron chi connectivity index (χ2n) is 6.55. The van der Waals surface area contributed by atoms with Gasteiger partial charge < -0.3 is 4.74 Å². The van der Waals surface area contributed by atoms with Gasteiger partial charge in [0, 0.05) is 0 Å². The molecule has 0 radical (unpaired) electrons. The van der Waals surface area contributed by atoms with Crippen molar-refractivity contribution in [1.82, 2.24) is 0 Å². The van der Waals surface area contributed by atoms with E-state index in [2.05, 4.69) is 6.92 Å². The first kappa shape index (κ1) is 14.5. The van der Waals surface area contributed by atoms with Gasteiger partial charge in [0.05, 0.1) is 5.92 Å². The Morgan fingerprint density at radius 2 is 1.65 bits per heavy atom. The maximum absolute atomic E-state index is 12.1. The molecule has 0 amide bonds. The van der Waals surface area contributed by atoms with Gasteiger partial charge in [0.15, 0.2) is 0 Å². The van der Waals surface area contributed by atoms with Crippen LogP contribution < -0.4 is 0 Å². The van der Waals surface area contributed by atoms with Crippen LogP contribution in [0.4, 0.5) is 0 Å². The quantitative estimate of drug-likeness (QED) is 0.638. The molecule has 0 N–H and O–H groups in total. The third-order valence-electron chi connectivity index (χ3n) is 3.50. The zero-order valence-electron chi connectivity index (χ0n) is 11.9. The van der Waals surface area contributed by atoms with Crippen molar-refractivity contribution in [3.05, 3.63) is 0 Å². The summed E-state index contributed by atoms with van der Waals surface area (Å²) in [6, 6.07) is 0. The third kappa shape index (κ3) is 6.09. The Labute approximate surface area is 106 Å². The van der Waals surface area contributed by atoms with E-state index < -0.39 is 0 Å². The van der Waals surface area contributed by atoms with E-state index in [1.807, 2.05) is 20.8 Å². The van der Waals surface area contributed by atoms with Gasteiger partial charge in [-0.2, -0.15) is 0 Å². The monoisotopic (exact) mass is 240 g/mol. The van der Waals surface area contributed by atoms with E-state index >= 15 is 0 Å². The van der Waals surface area contributed by atoms with Crippen LogP contribution in [0.15, 0.2) is 0 Å². The van der Waals surface area contributed by atoms with Crippen molar-refractivity contribution in [1.29, 1.82) is 0 Å². The molecule has 2 unspecified atom stereocenters. The van der Waals surface area contributed by atoms with Gasteiger partial charge >= 0.3 is 5.97 Å². The van der Waals surface area contributed by atoms with Gasteiger partial charge in [0.25, 0.3) is 0 Å². The topological polar surface area (TPSA) is 26.3 Å². The molecule has 17 heavy (non-hydrogen) atoms. The van der Waals surface area contributed by atoms with E-state index in [-0.39, 0.29) is 17.5 Å². The number of ether oxygens (including phenoxy) is 1. The lowest BCUT2D eigenvalue weighted by Crippen LogP contribution is -2.29. The van der Waals surface area contributed by atoms with Crippen molar-refractivity contribution in [2.75, 3.05) is 0 Å². The van der Waals surface area contributed by atoms with Gasteiger partial charge in [0.2, 0.25) is 0 Å². The molecule has 0 aromatic rings. The predicted octanol–water partition coefficient (Wildman–Crippen LogP) is 4.32. The lowest BCUT2D eigenvalue weighted by atomic mass is 9.93. The molecule has 1 fully saturated rings. The van der Waals surface area contributed by atoms with E-state index in [9.17, 15) is 4.79 Å². The molecule has 1 rings (SSSR count). The van der Waals surface area contributed by atoms with Crippen LogP contribution in [-0.2, 0) is 9.53 Å². The Morgan fingerprint density at radius 1 is 1.00 bits per heavy atom.